The number of hydrogen-bond donors (Lipinski definition) is 0. The van der Waals surface area contributed by atoms with E-state index in [1.165, 1.54) is 0 Å². The van der Waals surface area contributed by atoms with E-state index in [4.69, 9.17) is 17.8 Å². The van der Waals surface area contributed by atoms with Crippen molar-refractivity contribution in [2.24, 2.45) is 9.98 Å². The van der Waals surface area contributed by atoms with Gasteiger partial charge in [-0.3, -0.25) is 8.37 Å². The Morgan fingerprint density at radius 3 is 1.40 bits per heavy atom. The summed E-state index contributed by atoms with van der Waals surface area (Å²) < 4.78 is 68.2. The summed E-state index contributed by atoms with van der Waals surface area (Å²) in [5.74, 6) is 0.632. The monoisotopic (exact) mass is 522 g/mol. The molecule has 0 fully saturated rings. The van der Waals surface area contributed by atoms with E-state index in [0.717, 1.165) is 23.6 Å². The highest BCUT2D eigenvalue weighted by molar-refractivity contribution is 7.86. The molecular formula is C23H26N2O8S2. The van der Waals surface area contributed by atoms with Gasteiger partial charge in [-0.2, -0.15) is 16.8 Å². The summed E-state index contributed by atoms with van der Waals surface area (Å²) in [5, 5.41) is 0. The topological polar surface area (TPSA) is 130 Å². The van der Waals surface area contributed by atoms with E-state index < -0.39 is 44.5 Å². The van der Waals surface area contributed by atoms with Crippen molar-refractivity contribution in [1.29, 1.82) is 0 Å². The molecule has 2 heterocycles. The molecule has 0 aromatic heterocycles. The minimum atomic E-state index is -3.66. The lowest BCUT2D eigenvalue weighted by Crippen LogP contribution is -2.22. The third kappa shape index (κ3) is 7.10. The SMILES string of the molecule is CS(=O)(=O)OC[C@@H]1N=C(CC2=N[C@@H](COS(C)(=O)=O)[C@H](c3ccccc3)O2)O[C@H]1c1ccccc1. The van der Waals surface area contributed by atoms with Crippen LogP contribution >= 0.6 is 0 Å². The van der Waals surface area contributed by atoms with E-state index in [2.05, 4.69) is 9.98 Å². The summed E-state index contributed by atoms with van der Waals surface area (Å²) in [6.07, 6.45) is 0.994. The summed E-state index contributed by atoms with van der Waals surface area (Å²) in [5.41, 5.74) is 1.65. The molecule has 0 unspecified atom stereocenters. The normalized spacial score (nSPS) is 24.4. The van der Waals surface area contributed by atoms with Crippen molar-refractivity contribution >= 4 is 32.0 Å². The highest BCUT2D eigenvalue weighted by Crippen LogP contribution is 2.34. The van der Waals surface area contributed by atoms with Gasteiger partial charge in [-0.15, -0.1) is 0 Å². The summed E-state index contributed by atoms with van der Waals surface area (Å²) in [7, 11) is -7.31. The van der Waals surface area contributed by atoms with Crippen molar-refractivity contribution in [2.75, 3.05) is 25.7 Å². The third-order valence-electron chi connectivity index (χ3n) is 5.31. The maximum Gasteiger partial charge on any atom is 0.264 e. The van der Waals surface area contributed by atoms with Gasteiger partial charge in [0.1, 0.15) is 24.3 Å². The molecule has 0 saturated heterocycles. The van der Waals surface area contributed by atoms with Gasteiger partial charge in [0.2, 0.25) is 0 Å². The first-order chi connectivity index (χ1) is 16.6. The first kappa shape index (κ1) is 25.3. The van der Waals surface area contributed by atoms with Crippen molar-refractivity contribution in [3.05, 3.63) is 71.8 Å². The Morgan fingerprint density at radius 1 is 0.686 bits per heavy atom. The number of aliphatic imine (C=N–C) groups is 2. The molecule has 0 amide bonds. The van der Waals surface area contributed by atoms with Gasteiger partial charge >= 0.3 is 0 Å². The Hall–Kier alpha value is -2.80. The van der Waals surface area contributed by atoms with Crippen LogP contribution < -0.4 is 0 Å². The van der Waals surface area contributed by atoms with E-state index >= 15 is 0 Å². The number of rotatable bonds is 10. The highest BCUT2D eigenvalue weighted by atomic mass is 32.2. The molecule has 0 spiro atoms. The molecule has 2 aromatic rings. The molecule has 4 rings (SSSR count). The average molecular weight is 523 g/mol. The number of benzene rings is 2. The van der Waals surface area contributed by atoms with Gasteiger partial charge in [0.25, 0.3) is 20.2 Å². The number of ether oxygens (including phenoxy) is 2. The predicted molar refractivity (Wildman–Crippen MR) is 129 cm³/mol. The zero-order valence-corrected chi connectivity index (χ0v) is 20.8. The third-order valence-corrected chi connectivity index (χ3v) is 6.44. The van der Waals surface area contributed by atoms with Crippen molar-refractivity contribution in [3.63, 3.8) is 0 Å². The molecule has 0 saturated carbocycles. The minimum absolute atomic E-state index is 0.109. The largest absolute Gasteiger partial charge is 0.470 e. The van der Waals surface area contributed by atoms with Crippen LogP contribution in [-0.2, 0) is 38.1 Å². The molecule has 0 radical (unpaired) electrons. The van der Waals surface area contributed by atoms with Crippen molar-refractivity contribution in [1.82, 2.24) is 0 Å². The van der Waals surface area contributed by atoms with Crippen LogP contribution in [0.5, 0.6) is 0 Å². The van der Waals surface area contributed by atoms with Gasteiger partial charge in [0.05, 0.1) is 32.1 Å². The average Bonchev–Trinajstić information content (AvgIpc) is 3.40. The van der Waals surface area contributed by atoms with E-state index in [-0.39, 0.29) is 19.6 Å². The van der Waals surface area contributed by atoms with E-state index in [0.29, 0.717) is 11.8 Å². The zero-order chi connectivity index (χ0) is 25.1. The van der Waals surface area contributed by atoms with Gasteiger partial charge in [-0.05, 0) is 11.1 Å². The van der Waals surface area contributed by atoms with Crippen LogP contribution in [0.1, 0.15) is 29.8 Å². The standard InChI is InChI=1S/C23H26N2O8S2/c1-34(26,27)30-14-18-22(16-9-5-3-6-10-16)32-20(24-18)13-21-25-19(15-31-35(2,28)29)23(33-21)17-11-7-4-8-12-17/h3-12,18-19,22-23H,13-15H2,1-2H3/t18-,19-,22-,23-/m0/s1. The van der Waals surface area contributed by atoms with Crippen molar-refractivity contribution in [3.8, 4) is 0 Å². The predicted octanol–water partition coefficient (Wildman–Crippen LogP) is 2.41. The quantitative estimate of drug-likeness (QED) is 0.435. The van der Waals surface area contributed by atoms with Crippen LogP contribution in [0.25, 0.3) is 0 Å². The molecule has 2 aliphatic rings. The first-order valence-electron chi connectivity index (χ1n) is 10.8. The fourth-order valence-electron chi connectivity index (χ4n) is 3.82. The van der Waals surface area contributed by atoms with E-state index in [1.54, 1.807) is 0 Å². The van der Waals surface area contributed by atoms with Crippen LogP contribution in [0.15, 0.2) is 70.6 Å². The van der Waals surface area contributed by atoms with Gasteiger partial charge < -0.3 is 9.47 Å². The maximum atomic E-state index is 11.5. The molecule has 12 heteroatoms. The zero-order valence-electron chi connectivity index (χ0n) is 19.2. The number of hydrogen-bond acceptors (Lipinski definition) is 10. The van der Waals surface area contributed by atoms with Gasteiger partial charge in [0, 0.05) is 0 Å². The Labute approximate surface area is 204 Å². The Morgan fingerprint density at radius 2 is 1.06 bits per heavy atom. The Bertz CT molecular complexity index is 1190. The van der Waals surface area contributed by atoms with Gasteiger partial charge in [0.15, 0.2) is 11.8 Å². The number of nitrogens with zero attached hydrogens (tertiary/aromatic N) is 2. The molecule has 188 valence electrons. The Kier molecular flexibility index (Phi) is 7.55. The molecule has 4 atom stereocenters. The van der Waals surface area contributed by atoms with Gasteiger partial charge in [-0.1, -0.05) is 60.7 Å². The molecule has 2 aliphatic heterocycles. The lowest BCUT2D eigenvalue weighted by Gasteiger charge is -2.18. The second kappa shape index (κ2) is 10.4. The second-order valence-corrected chi connectivity index (χ2v) is 11.5. The maximum absolute atomic E-state index is 11.5. The summed E-state index contributed by atoms with van der Waals surface area (Å²) in [6.45, 7) is -0.348. The highest BCUT2D eigenvalue weighted by Gasteiger charge is 2.37. The fourth-order valence-corrected chi connectivity index (χ4v) is 4.60. The smallest absolute Gasteiger partial charge is 0.264 e. The van der Waals surface area contributed by atoms with Crippen LogP contribution in [0.2, 0.25) is 0 Å². The van der Waals surface area contributed by atoms with E-state index in [9.17, 15) is 16.8 Å². The van der Waals surface area contributed by atoms with Crippen molar-refractivity contribution in [2.45, 2.75) is 30.7 Å². The first-order valence-corrected chi connectivity index (χ1v) is 14.5. The molecule has 10 nitrogen and oxygen atoms in total. The van der Waals surface area contributed by atoms with Gasteiger partial charge in [-0.25, -0.2) is 9.98 Å². The van der Waals surface area contributed by atoms with Crippen LogP contribution in [-0.4, -0.2) is 66.4 Å². The lowest BCUT2D eigenvalue weighted by molar-refractivity contribution is 0.154. The molecule has 2 aromatic carbocycles. The molecular weight excluding hydrogens is 496 g/mol. The van der Waals surface area contributed by atoms with Crippen LogP contribution in [0.3, 0.4) is 0 Å². The molecule has 0 bridgehead atoms. The summed E-state index contributed by atoms with van der Waals surface area (Å²) in [6, 6.07) is 17.4. The van der Waals surface area contributed by atoms with Crippen LogP contribution in [0, 0.1) is 0 Å². The lowest BCUT2D eigenvalue weighted by atomic mass is 10.0. The minimum Gasteiger partial charge on any atom is -0.470 e. The fraction of sp³-hybridized carbons (Fsp3) is 0.391. The van der Waals surface area contributed by atoms with Crippen LogP contribution in [0.4, 0.5) is 0 Å². The van der Waals surface area contributed by atoms with E-state index in [1.807, 2.05) is 60.7 Å². The van der Waals surface area contributed by atoms with Crippen molar-refractivity contribution < 1.29 is 34.7 Å². The molecule has 0 aliphatic carbocycles. The Balaban J connectivity index is 1.52. The second-order valence-electron chi connectivity index (χ2n) is 8.23. The summed E-state index contributed by atoms with van der Waals surface area (Å²) in [4.78, 5) is 9.07. The summed E-state index contributed by atoms with van der Waals surface area (Å²) >= 11 is 0. The molecule has 35 heavy (non-hydrogen) atoms. The molecule has 0 N–H and O–H groups in total.